The van der Waals surface area contributed by atoms with Crippen LogP contribution in [0.1, 0.15) is 11.1 Å². The normalized spacial score (nSPS) is 11.0. The number of benzene rings is 1. The van der Waals surface area contributed by atoms with Crippen molar-refractivity contribution in [3.63, 3.8) is 0 Å². The highest BCUT2D eigenvalue weighted by atomic mass is 15.2. The maximum Gasteiger partial charge on any atom is 0.203 e. The summed E-state index contributed by atoms with van der Waals surface area (Å²) in [5, 5.41) is 3.22. The summed E-state index contributed by atoms with van der Waals surface area (Å²) < 4.78 is 2.07. The molecule has 86 valence electrons. The number of fused-ring (bicyclic) bond motifs is 1. The van der Waals surface area contributed by atoms with Gasteiger partial charge >= 0.3 is 0 Å². The van der Waals surface area contributed by atoms with Gasteiger partial charge in [0.15, 0.2) is 0 Å². The Kier molecular flexibility index (Phi) is 2.83. The van der Waals surface area contributed by atoms with E-state index in [0.29, 0.717) is 6.54 Å². The van der Waals surface area contributed by atoms with E-state index in [1.54, 1.807) is 0 Å². The molecule has 3 N–H and O–H groups in total. The molecule has 0 aliphatic heterocycles. The van der Waals surface area contributed by atoms with Crippen LogP contribution in [-0.2, 0) is 7.05 Å². The lowest BCUT2D eigenvalue weighted by Gasteiger charge is -2.04. The van der Waals surface area contributed by atoms with Crippen molar-refractivity contribution >= 4 is 17.0 Å². The molecule has 0 unspecified atom stereocenters. The second-order valence-electron chi connectivity index (χ2n) is 4.14. The molecule has 0 spiro atoms. The van der Waals surface area contributed by atoms with Gasteiger partial charge in [0.05, 0.1) is 11.0 Å². The summed E-state index contributed by atoms with van der Waals surface area (Å²) in [6, 6.07) is 4.30. The van der Waals surface area contributed by atoms with Gasteiger partial charge in [-0.05, 0) is 37.1 Å². The van der Waals surface area contributed by atoms with Crippen LogP contribution in [0.5, 0.6) is 0 Å². The molecular weight excluding hydrogens is 200 g/mol. The van der Waals surface area contributed by atoms with Crippen molar-refractivity contribution in [2.45, 2.75) is 13.8 Å². The third kappa shape index (κ3) is 1.76. The summed E-state index contributed by atoms with van der Waals surface area (Å²) in [6.07, 6.45) is 0. The number of rotatable bonds is 3. The van der Waals surface area contributed by atoms with Gasteiger partial charge in [0.2, 0.25) is 5.95 Å². The van der Waals surface area contributed by atoms with Crippen LogP contribution in [0.4, 0.5) is 5.95 Å². The van der Waals surface area contributed by atoms with Gasteiger partial charge in [-0.1, -0.05) is 0 Å². The summed E-state index contributed by atoms with van der Waals surface area (Å²) in [5.74, 6) is 0.880. The summed E-state index contributed by atoms with van der Waals surface area (Å²) in [4.78, 5) is 4.55. The predicted octanol–water partition coefficient (Wildman–Crippen LogP) is 1.56. The van der Waals surface area contributed by atoms with Gasteiger partial charge in [0.25, 0.3) is 0 Å². The number of aryl methyl sites for hydroxylation is 3. The van der Waals surface area contributed by atoms with E-state index in [9.17, 15) is 0 Å². The van der Waals surface area contributed by atoms with Crippen molar-refractivity contribution in [3.8, 4) is 0 Å². The highest BCUT2D eigenvalue weighted by molar-refractivity contribution is 5.80. The van der Waals surface area contributed by atoms with E-state index in [4.69, 9.17) is 5.73 Å². The highest BCUT2D eigenvalue weighted by Crippen LogP contribution is 2.21. The summed E-state index contributed by atoms with van der Waals surface area (Å²) >= 11 is 0. The first-order valence-corrected chi connectivity index (χ1v) is 5.51. The first-order valence-electron chi connectivity index (χ1n) is 5.51. The Balaban J connectivity index is 2.50. The lowest BCUT2D eigenvalue weighted by Crippen LogP contribution is -2.15. The molecule has 0 fully saturated rings. The zero-order chi connectivity index (χ0) is 11.7. The number of hydrogen-bond acceptors (Lipinski definition) is 3. The molecule has 4 nitrogen and oxygen atoms in total. The number of nitrogens with two attached hydrogens (primary N) is 1. The SMILES string of the molecule is Cc1cc2nc(NCCN)n(C)c2cc1C. The highest BCUT2D eigenvalue weighted by Gasteiger charge is 2.08. The number of hydrogen-bond donors (Lipinski definition) is 2. The average Bonchev–Trinajstić information content (AvgIpc) is 2.54. The standard InChI is InChI=1S/C12H18N4/c1-8-6-10-11(7-9(8)2)16(3)12(15-10)14-5-4-13/h6-7H,4-5,13H2,1-3H3,(H,14,15). The molecule has 1 aromatic carbocycles. The van der Waals surface area contributed by atoms with Gasteiger partial charge in [-0.15, -0.1) is 0 Å². The quantitative estimate of drug-likeness (QED) is 0.822. The number of nitrogens with zero attached hydrogens (tertiary/aromatic N) is 2. The summed E-state index contributed by atoms with van der Waals surface area (Å²) in [5.41, 5.74) is 10.2. The lowest BCUT2D eigenvalue weighted by molar-refractivity contribution is 0.915. The Morgan fingerprint density at radius 1 is 1.31 bits per heavy atom. The van der Waals surface area contributed by atoms with Gasteiger partial charge in [-0.2, -0.15) is 0 Å². The van der Waals surface area contributed by atoms with E-state index in [1.165, 1.54) is 11.1 Å². The molecule has 1 aromatic heterocycles. The summed E-state index contributed by atoms with van der Waals surface area (Å²) in [6.45, 7) is 5.58. The maximum absolute atomic E-state index is 5.47. The molecule has 0 radical (unpaired) electrons. The van der Waals surface area contributed by atoms with E-state index in [1.807, 2.05) is 7.05 Å². The van der Waals surface area contributed by atoms with E-state index in [2.05, 4.69) is 40.8 Å². The Morgan fingerprint density at radius 3 is 2.69 bits per heavy atom. The minimum Gasteiger partial charge on any atom is -0.354 e. The fourth-order valence-electron chi connectivity index (χ4n) is 1.79. The molecule has 0 bridgehead atoms. The Hall–Kier alpha value is -1.55. The number of anilines is 1. The molecule has 1 heterocycles. The van der Waals surface area contributed by atoms with Crippen LogP contribution < -0.4 is 11.1 Å². The van der Waals surface area contributed by atoms with Crippen molar-refractivity contribution in [3.05, 3.63) is 23.3 Å². The van der Waals surface area contributed by atoms with Crippen LogP contribution in [-0.4, -0.2) is 22.6 Å². The van der Waals surface area contributed by atoms with Gasteiger partial charge in [0.1, 0.15) is 0 Å². The summed E-state index contributed by atoms with van der Waals surface area (Å²) in [7, 11) is 2.02. The molecule has 0 saturated carbocycles. The van der Waals surface area contributed by atoms with Crippen molar-refractivity contribution in [2.24, 2.45) is 12.8 Å². The number of nitrogens with one attached hydrogen (secondary N) is 1. The Bertz CT molecular complexity index is 513. The molecule has 16 heavy (non-hydrogen) atoms. The van der Waals surface area contributed by atoms with Gasteiger partial charge in [0, 0.05) is 20.1 Å². The van der Waals surface area contributed by atoms with E-state index in [-0.39, 0.29) is 0 Å². The molecule has 2 aromatic rings. The topological polar surface area (TPSA) is 55.9 Å². The monoisotopic (exact) mass is 218 g/mol. The smallest absolute Gasteiger partial charge is 0.203 e. The van der Waals surface area contributed by atoms with E-state index >= 15 is 0 Å². The third-order valence-electron chi connectivity index (χ3n) is 2.92. The molecule has 4 heteroatoms. The minimum absolute atomic E-state index is 0.612. The second kappa shape index (κ2) is 4.14. The van der Waals surface area contributed by atoms with Crippen LogP contribution in [0, 0.1) is 13.8 Å². The van der Waals surface area contributed by atoms with Crippen molar-refractivity contribution in [1.29, 1.82) is 0 Å². The first kappa shape index (κ1) is 11.0. The van der Waals surface area contributed by atoms with Crippen LogP contribution in [0.15, 0.2) is 12.1 Å². The van der Waals surface area contributed by atoms with E-state index in [0.717, 1.165) is 23.5 Å². The van der Waals surface area contributed by atoms with E-state index < -0.39 is 0 Å². The van der Waals surface area contributed by atoms with Crippen molar-refractivity contribution in [1.82, 2.24) is 9.55 Å². The fourth-order valence-corrected chi connectivity index (χ4v) is 1.79. The molecular formula is C12H18N4. The van der Waals surface area contributed by atoms with Gasteiger partial charge < -0.3 is 15.6 Å². The molecule has 0 aliphatic rings. The third-order valence-corrected chi connectivity index (χ3v) is 2.92. The Labute approximate surface area is 95.5 Å². The molecule has 0 saturated heterocycles. The van der Waals surface area contributed by atoms with Gasteiger partial charge in [-0.3, -0.25) is 0 Å². The largest absolute Gasteiger partial charge is 0.354 e. The molecule has 0 atom stereocenters. The minimum atomic E-state index is 0.612. The Morgan fingerprint density at radius 2 is 2.00 bits per heavy atom. The number of aromatic nitrogens is 2. The van der Waals surface area contributed by atoms with Crippen LogP contribution in [0.2, 0.25) is 0 Å². The zero-order valence-electron chi connectivity index (χ0n) is 10.0. The fraction of sp³-hybridized carbons (Fsp3) is 0.417. The zero-order valence-corrected chi connectivity index (χ0v) is 10.0. The average molecular weight is 218 g/mol. The number of imidazole rings is 1. The first-order chi connectivity index (χ1) is 7.63. The molecule has 0 amide bonds. The van der Waals surface area contributed by atoms with Crippen LogP contribution >= 0.6 is 0 Å². The second-order valence-corrected chi connectivity index (χ2v) is 4.14. The molecule has 0 aliphatic carbocycles. The van der Waals surface area contributed by atoms with Crippen LogP contribution in [0.3, 0.4) is 0 Å². The van der Waals surface area contributed by atoms with Crippen molar-refractivity contribution < 1.29 is 0 Å². The predicted molar refractivity (Wildman–Crippen MR) is 67.7 cm³/mol. The maximum atomic E-state index is 5.47. The lowest BCUT2D eigenvalue weighted by atomic mass is 10.1. The van der Waals surface area contributed by atoms with Gasteiger partial charge in [-0.25, -0.2) is 4.98 Å². The van der Waals surface area contributed by atoms with Crippen LogP contribution in [0.25, 0.3) is 11.0 Å². The van der Waals surface area contributed by atoms with Crippen molar-refractivity contribution in [2.75, 3.05) is 18.4 Å². The molecule has 2 rings (SSSR count).